The molecule has 5 N–H and O–H groups in total. The fourth-order valence-corrected chi connectivity index (χ4v) is 1.56. The van der Waals surface area contributed by atoms with Crippen molar-refractivity contribution in [3.8, 4) is 0 Å². The van der Waals surface area contributed by atoms with E-state index in [1.54, 1.807) is 6.92 Å². The number of hydrogen-bond acceptors (Lipinski definition) is 4. The molecule has 1 unspecified atom stereocenters. The topological polar surface area (TPSA) is 101 Å². The smallest absolute Gasteiger partial charge is 0.318 e. The van der Waals surface area contributed by atoms with Gasteiger partial charge < -0.3 is 11.5 Å². The number of nitrogens with zero attached hydrogens (tertiary/aromatic N) is 1. The Balaban J connectivity index is 0.00000196. The second-order valence-electron chi connectivity index (χ2n) is 3.57. The predicted molar refractivity (Wildman–Crippen MR) is 58.6 cm³/mol. The molecule has 3 amide bonds. The van der Waals surface area contributed by atoms with Crippen molar-refractivity contribution < 1.29 is 9.59 Å². The lowest BCUT2D eigenvalue weighted by molar-refractivity contribution is -0.124. The first-order valence-corrected chi connectivity index (χ1v) is 4.60. The molecule has 15 heavy (non-hydrogen) atoms. The molecule has 0 aliphatic carbocycles. The lowest BCUT2D eigenvalue weighted by Gasteiger charge is -2.22. The number of nitrogens with one attached hydrogen (secondary N) is 1. The Bertz CT molecular complexity index is 249. The molecule has 1 heterocycles. The largest absolute Gasteiger partial charge is 0.351 e. The zero-order chi connectivity index (χ0) is 10.7. The molecule has 0 aromatic rings. The van der Waals surface area contributed by atoms with E-state index in [4.69, 9.17) is 11.5 Å². The van der Waals surface area contributed by atoms with Gasteiger partial charge in [-0.3, -0.25) is 15.0 Å². The van der Waals surface area contributed by atoms with Crippen molar-refractivity contribution in [2.24, 2.45) is 11.5 Å². The molecule has 1 rings (SSSR count). The van der Waals surface area contributed by atoms with E-state index in [0.717, 1.165) is 13.0 Å². The lowest BCUT2D eigenvalue weighted by Crippen LogP contribution is -2.48. The number of urea groups is 1. The Labute approximate surface area is 94.8 Å². The van der Waals surface area contributed by atoms with E-state index in [1.165, 1.54) is 0 Å². The van der Waals surface area contributed by atoms with Gasteiger partial charge in [0.2, 0.25) is 5.91 Å². The molecular weight excluding hydrogens is 220 g/mol. The Morgan fingerprint density at radius 3 is 2.53 bits per heavy atom. The van der Waals surface area contributed by atoms with Crippen molar-refractivity contribution >= 4 is 24.3 Å². The summed E-state index contributed by atoms with van der Waals surface area (Å²) in [6.07, 6.45) is 0.883. The summed E-state index contributed by atoms with van der Waals surface area (Å²) in [6, 6.07) is -1.04. The number of primary amides is 1. The summed E-state index contributed by atoms with van der Waals surface area (Å²) >= 11 is 0. The number of likely N-dealkylation sites (tertiary alicyclic amines) is 1. The summed E-state index contributed by atoms with van der Waals surface area (Å²) < 4.78 is 0. The van der Waals surface area contributed by atoms with Gasteiger partial charge in [0.1, 0.15) is 0 Å². The quantitative estimate of drug-likeness (QED) is 0.574. The van der Waals surface area contributed by atoms with Crippen LogP contribution in [0.25, 0.3) is 0 Å². The minimum Gasteiger partial charge on any atom is -0.351 e. The van der Waals surface area contributed by atoms with Crippen LogP contribution in [0.2, 0.25) is 0 Å². The highest BCUT2D eigenvalue weighted by Gasteiger charge is 2.27. The number of imide groups is 1. The van der Waals surface area contributed by atoms with Gasteiger partial charge in [-0.2, -0.15) is 0 Å². The monoisotopic (exact) mass is 236 g/mol. The van der Waals surface area contributed by atoms with E-state index in [-0.39, 0.29) is 30.4 Å². The van der Waals surface area contributed by atoms with E-state index in [0.29, 0.717) is 6.54 Å². The van der Waals surface area contributed by atoms with Crippen LogP contribution in [0.15, 0.2) is 0 Å². The minimum absolute atomic E-state index is 0. The molecule has 1 aliphatic rings. The van der Waals surface area contributed by atoms with Crippen LogP contribution in [0.4, 0.5) is 4.79 Å². The van der Waals surface area contributed by atoms with E-state index < -0.39 is 6.03 Å². The maximum absolute atomic E-state index is 11.4. The first-order chi connectivity index (χ1) is 6.50. The first kappa shape index (κ1) is 14.2. The fraction of sp³-hybridized carbons (Fsp3) is 0.750. The third-order valence-electron chi connectivity index (χ3n) is 2.43. The van der Waals surface area contributed by atoms with Gasteiger partial charge in [-0.1, -0.05) is 0 Å². The maximum atomic E-state index is 11.4. The number of carbonyl (C=O) groups excluding carboxylic acids is 2. The van der Waals surface area contributed by atoms with Crippen molar-refractivity contribution in [3.05, 3.63) is 0 Å². The van der Waals surface area contributed by atoms with Gasteiger partial charge in [0, 0.05) is 19.1 Å². The van der Waals surface area contributed by atoms with Gasteiger partial charge in [0.05, 0.1) is 6.04 Å². The van der Waals surface area contributed by atoms with E-state index in [1.807, 2.05) is 4.90 Å². The number of rotatable bonds is 2. The second-order valence-corrected chi connectivity index (χ2v) is 3.57. The molecule has 0 saturated carbocycles. The molecule has 7 heteroatoms. The summed E-state index contributed by atoms with van der Waals surface area (Å²) in [5.74, 6) is -0.369. The summed E-state index contributed by atoms with van der Waals surface area (Å²) in [5, 5.41) is 2.05. The first-order valence-electron chi connectivity index (χ1n) is 4.60. The van der Waals surface area contributed by atoms with Crippen molar-refractivity contribution in [3.63, 3.8) is 0 Å². The molecule has 6 nitrogen and oxygen atoms in total. The summed E-state index contributed by atoms with van der Waals surface area (Å²) in [5.41, 5.74) is 10.5. The van der Waals surface area contributed by atoms with Crippen molar-refractivity contribution in [2.75, 3.05) is 13.1 Å². The average Bonchev–Trinajstić information content (AvgIpc) is 2.49. The summed E-state index contributed by atoms with van der Waals surface area (Å²) in [4.78, 5) is 23.7. The zero-order valence-electron chi connectivity index (χ0n) is 8.60. The Morgan fingerprint density at radius 1 is 1.53 bits per heavy atom. The van der Waals surface area contributed by atoms with E-state index in [9.17, 15) is 9.59 Å². The highest BCUT2D eigenvalue weighted by molar-refractivity contribution is 5.96. The van der Waals surface area contributed by atoms with Crippen LogP contribution in [-0.4, -0.2) is 42.0 Å². The summed E-state index contributed by atoms with van der Waals surface area (Å²) in [7, 11) is 0. The van der Waals surface area contributed by atoms with E-state index in [2.05, 4.69) is 5.32 Å². The van der Waals surface area contributed by atoms with Crippen LogP contribution < -0.4 is 16.8 Å². The molecule has 0 spiro atoms. The van der Waals surface area contributed by atoms with Gasteiger partial charge in [-0.05, 0) is 13.3 Å². The number of hydrogen-bond donors (Lipinski definition) is 3. The highest BCUT2D eigenvalue weighted by atomic mass is 35.5. The Kier molecular flexibility index (Phi) is 5.56. The molecule has 1 aliphatic heterocycles. The predicted octanol–water partition coefficient (Wildman–Crippen LogP) is -0.975. The van der Waals surface area contributed by atoms with Gasteiger partial charge in [-0.15, -0.1) is 12.4 Å². The molecule has 1 saturated heterocycles. The molecule has 0 radical (unpaired) electrons. The van der Waals surface area contributed by atoms with Crippen LogP contribution in [0.1, 0.15) is 13.3 Å². The zero-order valence-corrected chi connectivity index (χ0v) is 9.42. The molecule has 2 atom stereocenters. The van der Waals surface area contributed by atoms with Crippen LogP contribution in [-0.2, 0) is 4.79 Å². The molecule has 88 valence electrons. The van der Waals surface area contributed by atoms with Crippen LogP contribution >= 0.6 is 12.4 Å². The Hall–Kier alpha value is -0.850. The lowest BCUT2D eigenvalue weighted by atomic mass is 10.3. The number of amides is 3. The SMILES string of the molecule is CC(C(=O)NC(N)=O)N1CC[C@H](N)C1.Cl. The second kappa shape index (κ2) is 5.89. The third-order valence-corrected chi connectivity index (χ3v) is 2.43. The van der Waals surface area contributed by atoms with Crippen LogP contribution in [0.3, 0.4) is 0 Å². The van der Waals surface area contributed by atoms with Gasteiger partial charge in [-0.25, -0.2) is 4.79 Å². The standard InChI is InChI=1S/C8H16N4O2.ClH/c1-5(7(13)11-8(10)14)12-3-2-6(9)4-12;/h5-6H,2-4,9H2,1H3,(H3,10,11,13,14);1H/t5?,6-;/m0./s1. The molecular formula is C8H17ClN4O2. The number of nitrogens with two attached hydrogens (primary N) is 2. The van der Waals surface area contributed by atoms with Gasteiger partial charge in [0.25, 0.3) is 0 Å². The normalized spacial score (nSPS) is 22.9. The fourth-order valence-electron chi connectivity index (χ4n) is 1.56. The van der Waals surface area contributed by atoms with Crippen LogP contribution in [0.5, 0.6) is 0 Å². The highest BCUT2D eigenvalue weighted by Crippen LogP contribution is 2.10. The minimum atomic E-state index is -0.814. The third kappa shape index (κ3) is 4.03. The Morgan fingerprint density at radius 2 is 2.13 bits per heavy atom. The molecule has 0 aromatic carbocycles. The maximum Gasteiger partial charge on any atom is 0.318 e. The van der Waals surface area contributed by atoms with E-state index >= 15 is 0 Å². The van der Waals surface area contributed by atoms with Crippen molar-refractivity contribution in [1.82, 2.24) is 10.2 Å². The molecule has 0 aromatic heterocycles. The average molecular weight is 237 g/mol. The molecule has 0 bridgehead atoms. The van der Waals surface area contributed by atoms with Gasteiger partial charge in [0.15, 0.2) is 0 Å². The number of halogens is 1. The van der Waals surface area contributed by atoms with Gasteiger partial charge >= 0.3 is 6.03 Å². The summed E-state index contributed by atoms with van der Waals surface area (Å²) in [6.45, 7) is 3.21. The van der Waals surface area contributed by atoms with Crippen molar-refractivity contribution in [2.45, 2.75) is 25.4 Å². The molecule has 1 fully saturated rings. The van der Waals surface area contributed by atoms with Crippen molar-refractivity contribution in [1.29, 1.82) is 0 Å². The van der Waals surface area contributed by atoms with Crippen LogP contribution in [0, 0.1) is 0 Å². The number of carbonyl (C=O) groups is 2.